The lowest BCUT2D eigenvalue weighted by molar-refractivity contribution is 0.0698. The lowest BCUT2D eigenvalue weighted by atomic mass is 10.1. The topological polar surface area (TPSA) is 75.1 Å². The Bertz CT molecular complexity index is 1110. The highest BCUT2D eigenvalue weighted by Gasteiger charge is 2.16. The van der Waals surface area contributed by atoms with Crippen LogP contribution in [0.4, 0.5) is 15.9 Å². The molecule has 2 aromatic carbocycles. The molecule has 0 aliphatic heterocycles. The first-order valence-corrected chi connectivity index (χ1v) is 8.59. The molecule has 0 radical (unpaired) electrons. The zero-order valence-electron chi connectivity index (χ0n) is 13.3. The van der Waals surface area contributed by atoms with Crippen LogP contribution in [0.15, 0.2) is 60.2 Å². The third-order valence-corrected chi connectivity index (χ3v) is 4.82. The lowest BCUT2D eigenvalue weighted by Crippen LogP contribution is -2.03. The molecule has 0 saturated carbocycles. The molecule has 26 heavy (non-hydrogen) atoms. The Hall–Kier alpha value is -3.32. The van der Waals surface area contributed by atoms with Crippen LogP contribution in [0.2, 0.25) is 0 Å². The maximum Gasteiger partial charge on any atom is 0.337 e. The molecule has 0 spiro atoms. The number of thiophene rings is 1. The summed E-state index contributed by atoms with van der Waals surface area (Å²) in [6.07, 6.45) is 1.43. The van der Waals surface area contributed by atoms with Gasteiger partial charge in [0.2, 0.25) is 0 Å². The van der Waals surface area contributed by atoms with E-state index in [1.165, 1.54) is 35.9 Å². The summed E-state index contributed by atoms with van der Waals surface area (Å²) in [5, 5.41) is 15.2. The second-order valence-electron chi connectivity index (χ2n) is 5.53. The number of carbonyl (C=O) groups is 1. The van der Waals surface area contributed by atoms with Crippen molar-refractivity contribution in [1.29, 1.82) is 0 Å². The van der Waals surface area contributed by atoms with E-state index in [0.29, 0.717) is 11.5 Å². The number of nitrogens with one attached hydrogen (secondary N) is 1. The summed E-state index contributed by atoms with van der Waals surface area (Å²) in [6.45, 7) is 0. The lowest BCUT2D eigenvalue weighted by Gasteiger charge is -2.10. The zero-order chi connectivity index (χ0) is 18.1. The van der Waals surface area contributed by atoms with E-state index in [0.717, 1.165) is 21.3 Å². The Labute approximate surface area is 151 Å². The molecule has 4 aromatic rings. The first-order chi connectivity index (χ1) is 12.6. The second kappa shape index (κ2) is 6.53. The number of aromatic carboxylic acids is 1. The van der Waals surface area contributed by atoms with E-state index >= 15 is 0 Å². The van der Waals surface area contributed by atoms with Crippen LogP contribution in [0.3, 0.4) is 0 Å². The molecule has 0 unspecified atom stereocenters. The fraction of sp³-hybridized carbons (Fsp3) is 0. The van der Waals surface area contributed by atoms with Crippen molar-refractivity contribution < 1.29 is 14.3 Å². The van der Waals surface area contributed by atoms with Crippen LogP contribution >= 0.6 is 11.3 Å². The predicted octanol–water partition coefficient (Wildman–Crippen LogP) is 4.94. The molecule has 0 aliphatic carbocycles. The molecular formula is C19H12FN3O2S. The van der Waals surface area contributed by atoms with Gasteiger partial charge in [0, 0.05) is 10.9 Å². The number of para-hydroxylation sites is 1. The van der Waals surface area contributed by atoms with Crippen molar-refractivity contribution in [3.8, 4) is 11.1 Å². The molecule has 5 nitrogen and oxygen atoms in total. The van der Waals surface area contributed by atoms with Crippen molar-refractivity contribution in [3.05, 3.63) is 71.6 Å². The van der Waals surface area contributed by atoms with Crippen molar-refractivity contribution in [1.82, 2.24) is 9.97 Å². The SMILES string of the molecule is O=C(O)c1ccccc1Nc1ncnc2scc(-c3ccc(F)cc3)c12. The Morgan fingerprint density at radius 2 is 1.85 bits per heavy atom. The van der Waals surface area contributed by atoms with Gasteiger partial charge in [0.1, 0.15) is 22.8 Å². The Morgan fingerprint density at radius 3 is 2.62 bits per heavy atom. The van der Waals surface area contributed by atoms with Gasteiger partial charge in [-0.05, 0) is 29.8 Å². The van der Waals surface area contributed by atoms with Gasteiger partial charge in [-0.25, -0.2) is 19.2 Å². The second-order valence-corrected chi connectivity index (χ2v) is 6.39. The van der Waals surface area contributed by atoms with Crippen LogP contribution < -0.4 is 5.32 Å². The molecule has 0 atom stereocenters. The van der Waals surface area contributed by atoms with E-state index in [9.17, 15) is 14.3 Å². The third kappa shape index (κ3) is 2.89. The number of fused-ring (bicyclic) bond motifs is 1. The molecule has 2 N–H and O–H groups in total. The molecule has 0 aliphatic rings. The molecule has 0 fully saturated rings. The van der Waals surface area contributed by atoms with Crippen molar-refractivity contribution in [3.63, 3.8) is 0 Å². The summed E-state index contributed by atoms with van der Waals surface area (Å²) in [4.78, 5) is 20.8. The van der Waals surface area contributed by atoms with Crippen LogP contribution in [-0.2, 0) is 0 Å². The summed E-state index contributed by atoms with van der Waals surface area (Å²) >= 11 is 1.45. The summed E-state index contributed by atoms with van der Waals surface area (Å²) < 4.78 is 13.2. The van der Waals surface area contributed by atoms with Gasteiger partial charge in [-0.15, -0.1) is 11.3 Å². The number of anilines is 2. The highest BCUT2D eigenvalue weighted by Crippen LogP contribution is 2.37. The fourth-order valence-electron chi connectivity index (χ4n) is 2.72. The molecule has 7 heteroatoms. The van der Waals surface area contributed by atoms with Crippen LogP contribution in [0.1, 0.15) is 10.4 Å². The van der Waals surface area contributed by atoms with Crippen molar-refractivity contribution in [2.24, 2.45) is 0 Å². The number of rotatable bonds is 4. The van der Waals surface area contributed by atoms with E-state index in [-0.39, 0.29) is 11.4 Å². The quantitative estimate of drug-likeness (QED) is 0.536. The van der Waals surface area contributed by atoms with E-state index in [1.54, 1.807) is 30.3 Å². The fourth-order valence-corrected chi connectivity index (χ4v) is 3.63. The summed E-state index contributed by atoms with van der Waals surface area (Å²) in [6, 6.07) is 12.8. The third-order valence-electron chi connectivity index (χ3n) is 3.94. The summed E-state index contributed by atoms with van der Waals surface area (Å²) in [7, 11) is 0. The highest BCUT2D eigenvalue weighted by atomic mass is 32.1. The molecule has 128 valence electrons. The Morgan fingerprint density at radius 1 is 1.08 bits per heavy atom. The molecular weight excluding hydrogens is 353 g/mol. The highest BCUT2D eigenvalue weighted by molar-refractivity contribution is 7.17. The predicted molar refractivity (Wildman–Crippen MR) is 99.5 cm³/mol. The Balaban J connectivity index is 1.85. The zero-order valence-corrected chi connectivity index (χ0v) is 14.1. The van der Waals surface area contributed by atoms with Crippen molar-refractivity contribution in [2.75, 3.05) is 5.32 Å². The number of carboxylic acid groups (broad SMARTS) is 1. The van der Waals surface area contributed by atoms with E-state index < -0.39 is 5.97 Å². The summed E-state index contributed by atoms with van der Waals surface area (Å²) in [5.74, 6) is -0.829. The smallest absolute Gasteiger partial charge is 0.337 e. The first kappa shape index (κ1) is 16.2. The first-order valence-electron chi connectivity index (χ1n) is 7.71. The molecule has 4 rings (SSSR count). The average molecular weight is 365 g/mol. The molecule has 2 aromatic heterocycles. The van der Waals surface area contributed by atoms with E-state index in [4.69, 9.17) is 0 Å². The standard InChI is InChI=1S/C19H12FN3O2S/c20-12-7-5-11(6-8-12)14-9-26-18-16(14)17(21-10-22-18)23-15-4-2-1-3-13(15)19(24)25/h1-10H,(H,24,25)(H,21,22,23). The summed E-state index contributed by atoms with van der Waals surface area (Å²) in [5.41, 5.74) is 2.29. The van der Waals surface area contributed by atoms with Crippen molar-refractivity contribution in [2.45, 2.75) is 0 Å². The minimum Gasteiger partial charge on any atom is -0.478 e. The van der Waals surface area contributed by atoms with Gasteiger partial charge in [0.05, 0.1) is 16.6 Å². The van der Waals surface area contributed by atoms with Gasteiger partial charge in [-0.3, -0.25) is 0 Å². The number of aromatic nitrogens is 2. The molecule has 2 heterocycles. The number of hydrogen-bond acceptors (Lipinski definition) is 5. The minimum absolute atomic E-state index is 0.151. The maximum absolute atomic E-state index is 13.2. The normalized spacial score (nSPS) is 10.8. The van der Waals surface area contributed by atoms with Crippen molar-refractivity contribution >= 4 is 39.0 Å². The number of halogens is 1. The van der Waals surface area contributed by atoms with Gasteiger partial charge in [-0.2, -0.15) is 0 Å². The molecule has 0 saturated heterocycles. The van der Waals surface area contributed by atoms with Gasteiger partial charge in [-0.1, -0.05) is 24.3 Å². The van der Waals surface area contributed by atoms with Crippen LogP contribution in [-0.4, -0.2) is 21.0 Å². The van der Waals surface area contributed by atoms with Gasteiger partial charge in [0.25, 0.3) is 0 Å². The molecule has 0 bridgehead atoms. The Kier molecular flexibility index (Phi) is 4.06. The van der Waals surface area contributed by atoms with Crippen LogP contribution in [0.5, 0.6) is 0 Å². The van der Waals surface area contributed by atoms with E-state index in [1.807, 2.05) is 5.38 Å². The van der Waals surface area contributed by atoms with Gasteiger partial charge in [0.15, 0.2) is 0 Å². The largest absolute Gasteiger partial charge is 0.478 e. The molecule has 0 amide bonds. The van der Waals surface area contributed by atoms with E-state index in [2.05, 4.69) is 15.3 Å². The number of carboxylic acids is 1. The minimum atomic E-state index is -1.03. The number of hydrogen-bond donors (Lipinski definition) is 2. The number of benzene rings is 2. The average Bonchev–Trinajstić information content (AvgIpc) is 3.08. The number of nitrogens with zero attached hydrogens (tertiary/aromatic N) is 2. The maximum atomic E-state index is 13.2. The van der Waals surface area contributed by atoms with Gasteiger partial charge < -0.3 is 10.4 Å². The van der Waals surface area contributed by atoms with Crippen LogP contribution in [0.25, 0.3) is 21.3 Å². The monoisotopic (exact) mass is 365 g/mol. The van der Waals surface area contributed by atoms with Crippen LogP contribution in [0, 0.1) is 5.82 Å². The van der Waals surface area contributed by atoms with Gasteiger partial charge >= 0.3 is 5.97 Å².